The van der Waals surface area contributed by atoms with E-state index in [2.05, 4.69) is 42.2 Å². The van der Waals surface area contributed by atoms with Gasteiger partial charge in [-0.05, 0) is 75.1 Å². The number of nitrogens with zero attached hydrogens (tertiary/aromatic N) is 2. The molecule has 0 saturated carbocycles. The molecule has 6 atom stereocenters. The fourth-order valence-corrected chi connectivity index (χ4v) is 6.83. The number of aliphatic imine (C=N–C) groups is 1. The normalized spacial score (nSPS) is 15.4. The maximum absolute atomic E-state index is 13.9. The number of rotatable bonds is 29. The molecule has 1 aromatic rings. The highest BCUT2D eigenvalue weighted by atomic mass is 16.4. The standard InChI is InChI=1S/C41H65N13O13/c1-22(2)34(38(64)51-25(7-3-4-14-42)35(61)52-26(40(66)67)8-5-15-46-41(44)45)53-36(62)27(18-33(59)60)49-32(58)21-48-37(63)29-9-6-16-54(29)39(65)28(17-23-10-12-24(55)13-11-23)50-31(57)20-47-30(56)19-43/h10-13,22,25-29,34,55H,3-9,14-21,42-43H2,1-2H3,(H,47,56)(H,48,63)(H,49,58)(H,50,57)(H,51,64)(H,52,61)(H,53,62)(H,59,60)(H,66,67)(H4,44,45,46). The molecule has 2 rings (SSSR count). The summed E-state index contributed by atoms with van der Waals surface area (Å²) >= 11 is 0. The summed E-state index contributed by atoms with van der Waals surface area (Å²) in [6, 6.07) is -2.29. The van der Waals surface area contributed by atoms with Gasteiger partial charge in [0, 0.05) is 19.5 Å². The number of phenolic OH excluding ortho intramolecular Hbond substituents is 1. The number of nitrogens with one attached hydrogen (secondary N) is 7. The van der Waals surface area contributed by atoms with Crippen molar-refractivity contribution < 1.29 is 63.3 Å². The van der Waals surface area contributed by atoms with Crippen LogP contribution in [0, 0.1) is 5.92 Å². The molecule has 1 aliphatic heterocycles. The van der Waals surface area contributed by atoms with Crippen LogP contribution in [0.3, 0.4) is 0 Å². The number of amides is 8. The predicted molar refractivity (Wildman–Crippen MR) is 239 cm³/mol. The highest BCUT2D eigenvalue weighted by Gasteiger charge is 2.38. The molecule has 372 valence electrons. The van der Waals surface area contributed by atoms with E-state index in [1.807, 2.05) is 0 Å². The van der Waals surface area contributed by atoms with Crippen molar-refractivity contribution in [2.45, 2.75) is 108 Å². The summed E-state index contributed by atoms with van der Waals surface area (Å²) in [5.41, 5.74) is 22.0. The number of nitrogens with two attached hydrogens (primary N) is 4. The molecule has 1 heterocycles. The van der Waals surface area contributed by atoms with E-state index >= 15 is 0 Å². The van der Waals surface area contributed by atoms with Gasteiger partial charge < -0.3 is 80.4 Å². The largest absolute Gasteiger partial charge is 0.508 e. The highest BCUT2D eigenvalue weighted by Crippen LogP contribution is 2.20. The summed E-state index contributed by atoms with van der Waals surface area (Å²) in [4.78, 5) is 134. The zero-order valence-corrected chi connectivity index (χ0v) is 37.6. The smallest absolute Gasteiger partial charge is 0.326 e. The van der Waals surface area contributed by atoms with Crippen LogP contribution < -0.4 is 60.2 Å². The van der Waals surface area contributed by atoms with E-state index < -0.39 is 121 Å². The van der Waals surface area contributed by atoms with Gasteiger partial charge in [0.1, 0.15) is 42.0 Å². The van der Waals surface area contributed by atoms with E-state index in [4.69, 9.17) is 22.9 Å². The summed E-state index contributed by atoms with van der Waals surface area (Å²) in [6.45, 7) is 1.94. The SMILES string of the molecule is CC(C)C(NC(=O)C(CC(=O)O)NC(=O)CNC(=O)C1CCCN1C(=O)C(Cc1ccc(O)cc1)NC(=O)CNC(=O)CN)C(=O)NC(CCCCN)C(=O)NC(CCCN=C(N)N)C(=O)O. The van der Waals surface area contributed by atoms with E-state index in [1.165, 1.54) is 29.2 Å². The lowest BCUT2D eigenvalue weighted by molar-refractivity contribution is -0.142. The number of unbranched alkanes of at least 4 members (excludes halogenated alkanes) is 1. The fraction of sp³-hybridized carbons (Fsp3) is 0.585. The average molecular weight is 948 g/mol. The van der Waals surface area contributed by atoms with Crippen LogP contribution in [0.15, 0.2) is 29.3 Å². The van der Waals surface area contributed by atoms with Gasteiger partial charge >= 0.3 is 11.9 Å². The van der Waals surface area contributed by atoms with Crippen LogP contribution in [-0.2, 0) is 54.4 Å². The number of benzene rings is 1. The van der Waals surface area contributed by atoms with Crippen LogP contribution in [0.4, 0.5) is 0 Å². The Balaban J connectivity index is 2.16. The second-order valence-corrected chi connectivity index (χ2v) is 16.0. The fourth-order valence-electron chi connectivity index (χ4n) is 6.83. The highest BCUT2D eigenvalue weighted by molar-refractivity contribution is 5.98. The van der Waals surface area contributed by atoms with Crippen molar-refractivity contribution in [1.29, 1.82) is 0 Å². The molecule has 6 unspecified atom stereocenters. The molecule has 1 saturated heterocycles. The number of carbonyl (C=O) groups excluding carboxylic acids is 8. The lowest BCUT2D eigenvalue weighted by Gasteiger charge is -2.29. The molecular weight excluding hydrogens is 883 g/mol. The monoisotopic (exact) mass is 947 g/mol. The Hall–Kier alpha value is -7.09. The van der Waals surface area contributed by atoms with Crippen LogP contribution in [0.25, 0.3) is 0 Å². The van der Waals surface area contributed by atoms with Crippen molar-refractivity contribution in [2.24, 2.45) is 33.8 Å². The summed E-state index contributed by atoms with van der Waals surface area (Å²) in [5.74, 6) is -10.3. The van der Waals surface area contributed by atoms with E-state index in [0.29, 0.717) is 24.8 Å². The van der Waals surface area contributed by atoms with Gasteiger partial charge in [-0.1, -0.05) is 26.0 Å². The molecule has 18 N–H and O–H groups in total. The third-order valence-corrected chi connectivity index (χ3v) is 10.3. The maximum atomic E-state index is 13.9. The summed E-state index contributed by atoms with van der Waals surface area (Å²) in [7, 11) is 0. The molecule has 0 spiro atoms. The number of likely N-dealkylation sites (tertiary alicyclic amines) is 1. The third kappa shape index (κ3) is 20.3. The average Bonchev–Trinajstić information content (AvgIpc) is 3.77. The molecule has 26 heteroatoms. The zero-order chi connectivity index (χ0) is 50.2. The van der Waals surface area contributed by atoms with Crippen LogP contribution in [0.5, 0.6) is 5.75 Å². The molecule has 1 aliphatic rings. The maximum Gasteiger partial charge on any atom is 0.326 e. The van der Waals surface area contributed by atoms with Crippen LogP contribution >= 0.6 is 0 Å². The molecule has 8 amide bonds. The number of carboxylic acids is 2. The Labute approximate surface area is 386 Å². The zero-order valence-electron chi connectivity index (χ0n) is 37.6. The summed E-state index contributed by atoms with van der Waals surface area (Å²) < 4.78 is 0. The Morgan fingerprint density at radius 1 is 0.731 bits per heavy atom. The van der Waals surface area contributed by atoms with Gasteiger partial charge in [0.15, 0.2) is 5.96 Å². The minimum atomic E-state index is -1.77. The van der Waals surface area contributed by atoms with Crippen molar-refractivity contribution in [3.8, 4) is 5.75 Å². The lowest BCUT2D eigenvalue weighted by atomic mass is 10.0. The van der Waals surface area contributed by atoms with Gasteiger partial charge in [0.05, 0.1) is 26.1 Å². The van der Waals surface area contributed by atoms with E-state index in [9.17, 15) is 63.3 Å². The number of aliphatic carboxylic acids is 2. The summed E-state index contributed by atoms with van der Waals surface area (Å²) in [5, 5.41) is 45.9. The topological polar surface area (TPSA) is 435 Å². The van der Waals surface area contributed by atoms with E-state index in [1.54, 1.807) is 13.8 Å². The third-order valence-electron chi connectivity index (χ3n) is 10.3. The predicted octanol–water partition coefficient (Wildman–Crippen LogP) is -5.06. The van der Waals surface area contributed by atoms with Crippen molar-refractivity contribution in [3.63, 3.8) is 0 Å². The van der Waals surface area contributed by atoms with E-state index in [0.717, 1.165) is 0 Å². The van der Waals surface area contributed by atoms with Crippen LogP contribution in [0.2, 0.25) is 0 Å². The number of phenols is 1. The first kappa shape index (κ1) is 56.0. The van der Waals surface area contributed by atoms with Crippen molar-refractivity contribution in [1.82, 2.24) is 42.1 Å². The number of carbonyl (C=O) groups is 10. The molecular formula is C41H65N13O13. The first-order valence-corrected chi connectivity index (χ1v) is 21.7. The van der Waals surface area contributed by atoms with Gasteiger partial charge in [-0.3, -0.25) is 48.1 Å². The minimum absolute atomic E-state index is 0.0378. The lowest BCUT2D eigenvalue weighted by Crippen LogP contribution is -2.59. The molecule has 67 heavy (non-hydrogen) atoms. The molecule has 0 radical (unpaired) electrons. The molecule has 0 aliphatic carbocycles. The quantitative estimate of drug-likeness (QED) is 0.0203. The second kappa shape index (κ2) is 28.7. The van der Waals surface area contributed by atoms with Crippen LogP contribution in [0.1, 0.15) is 70.8 Å². The molecule has 1 aromatic carbocycles. The van der Waals surface area contributed by atoms with Gasteiger partial charge in [-0.25, -0.2) is 4.79 Å². The van der Waals surface area contributed by atoms with Crippen molar-refractivity contribution in [3.05, 3.63) is 29.8 Å². The Kier molecular flexibility index (Phi) is 24.0. The first-order valence-electron chi connectivity index (χ1n) is 21.7. The Morgan fingerprint density at radius 3 is 1.91 bits per heavy atom. The minimum Gasteiger partial charge on any atom is -0.508 e. The van der Waals surface area contributed by atoms with Gasteiger partial charge in [-0.2, -0.15) is 0 Å². The molecule has 1 fully saturated rings. The number of carboxylic acid groups (broad SMARTS) is 2. The van der Waals surface area contributed by atoms with Crippen molar-refractivity contribution >= 4 is 65.2 Å². The van der Waals surface area contributed by atoms with E-state index in [-0.39, 0.29) is 70.0 Å². The number of guanidine groups is 1. The van der Waals surface area contributed by atoms with Gasteiger partial charge in [0.2, 0.25) is 47.3 Å². The molecule has 26 nitrogen and oxygen atoms in total. The second-order valence-electron chi connectivity index (χ2n) is 16.0. The number of hydrogen-bond donors (Lipinski definition) is 14. The first-order chi connectivity index (χ1) is 31.7. The van der Waals surface area contributed by atoms with Gasteiger partial charge in [-0.15, -0.1) is 0 Å². The number of hydrogen-bond acceptors (Lipinski definition) is 14. The summed E-state index contributed by atoms with van der Waals surface area (Å²) in [6.07, 6.45) is 0.546. The number of aromatic hydroxyl groups is 1. The van der Waals surface area contributed by atoms with Crippen LogP contribution in [-0.4, -0.2) is 161 Å². The Morgan fingerprint density at radius 2 is 1.33 bits per heavy atom. The molecule has 0 bridgehead atoms. The molecule has 0 aromatic heterocycles. The van der Waals surface area contributed by atoms with Crippen molar-refractivity contribution in [2.75, 3.05) is 39.3 Å². The Bertz CT molecular complexity index is 1930. The van der Waals surface area contributed by atoms with Gasteiger partial charge in [0.25, 0.3) is 0 Å².